The van der Waals surface area contributed by atoms with Crippen LogP contribution in [0.4, 0.5) is 4.39 Å². The van der Waals surface area contributed by atoms with Crippen molar-refractivity contribution in [1.82, 2.24) is 5.32 Å². The molecule has 1 atom stereocenters. The van der Waals surface area contributed by atoms with E-state index >= 15 is 0 Å². The van der Waals surface area contributed by atoms with Gasteiger partial charge in [0.15, 0.2) is 0 Å². The number of amides is 1. The molecule has 0 fully saturated rings. The van der Waals surface area contributed by atoms with Crippen LogP contribution >= 0.6 is 0 Å². The molecule has 22 heavy (non-hydrogen) atoms. The number of hydrogen-bond acceptors (Lipinski definition) is 2. The van der Waals surface area contributed by atoms with Crippen LogP contribution in [0.25, 0.3) is 0 Å². The quantitative estimate of drug-likeness (QED) is 0.941. The fourth-order valence-corrected chi connectivity index (χ4v) is 2.97. The second-order valence-corrected chi connectivity index (χ2v) is 5.49. The zero-order valence-electron chi connectivity index (χ0n) is 12.4. The lowest BCUT2D eigenvalue weighted by molar-refractivity contribution is -0.121. The van der Waals surface area contributed by atoms with Gasteiger partial charge < -0.3 is 10.1 Å². The normalized spacial score (nSPS) is 16.2. The number of ether oxygens (including phenoxy) is 1. The van der Waals surface area contributed by atoms with Crippen LogP contribution in [0.3, 0.4) is 0 Å². The minimum absolute atomic E-state index is 0.0598. The highest BCUT2D eigenvalue weighted by molar-refractivity contribution is 5.79. The molecular formula is C18H18FNO2. The van der Waals surface area contributed by atoms with E-state index in [4.69, 9.17) is 4.74 Å². The molecule has 0 heterocycles. The molecule has 0 aliphatic heterocycles. The van der Waals surface area contributed by atoms with Gasteiger partial charge in [-0.25, -0.2) is 4.39 Å². The maximum Gasteiger partial charge on any atom is 0.224 e. The van der Waals surface area contributed by atoms with Crippen molar-refractivity contribution in [1.29, 1.82) is 0 Å². The Balaban J connectivity index is 1.67. The van der Waals surface area contributed by atoms with E-state index in [9.17, 15) is 9.18 Å². The predicted molar refractivity (Wildman–Crippen MR) is 82.3 cm³/mol. The Morgan fingerprint density at radius 2 is 2.14 bits per heavy atom. The molecule has 3 rings (SSSR count). The third kappa shape index (κ3) is 2.96. The number of carbonyl (C=O) groups excluding carboxylic acids is 1. The number of benzene rings is 2. The van der Waals surface area contributed by atoms with Crippen molar-refractivity contribution in [2.45, 2.75) is 25.3 Å². The van der Waals surface area contributed by atoms with E-state index in [-0.39, 0.29) is 17.8 Å². The summed E-state index contributed by atoms with van der Waals surface area (Å²) >= 11 is 0. The Hall–Kier alpha value is -2.36. The van der Waals surface area contributed by atoms with Gasteiger partial charge in [0.05, 0.1) is 19.6 Å². The van der Waals surface area contributed by atoms with E-state index in [2.05, 4.69) is 5.32 Å². The number of methoxy groups -OCH3 is 1. The fraction of sp³-hybridized carbons (Fsp3) is 0.278. The molecule has 114 valence electrons. The molecule has 0 saturated carbocycles. The highest BCUT2D eigenvalue weighted by Gasteiger charge is 2.25. The van der Waals surface area contributed by atoms with Gasteiger partial charge in [0.1, 0.15) is 11.6 Å². The first-order chi connectivity index (χ1) is 10.7. The number of carbonyl (C=O) groups is 1. The second-order valence-electron chi connectivity index (χ2n) is 5.49. The summed E-state index contributed by atoms with van der Waals surface area (Å²) in [5, 5.41) is 3.00. The molecule has 0 radical (unpaired) electrons. The molecule has 1 unspecified atom stereocenters. The minimum atomic E-state index is -0.179. The molecule has 2 aromatic rings. The zero-order valence-corrected chi connectivity index (χ0v) is 12.4. The largest absolute Gasteiger partial charge is 0.497 e. The van der Waals surface area contributed by atoms with Gasteiger partial charge in [-0.2, -0.15) is 0 Å². The van der Waals surface area contributed by atoms with E-state index in [0.29, 0.717) is 12.8 Å². The Morgan fingerprint density at radius 3 is 2.95 bits per heavy atom. The van der Waals surface area contributed by atoms with Crippen molar-refractivity contribution in [3.05, 3.63) is 65.0 Å². The SMILES string of the molecule is COc1cccc(CC(=O)NC2CCc3c(F)cccc32)c1. The van der Waals surface area contributed by atoms with Crippen LogP contribution < -0.4 is 10.1 Å². The smallest absolute Gasteiger partial charge is 0.224 e. The van der Waals surface area contributed by atoms with E-state index < -0.39 is 0 Å². The summed E-state index contributed by atoms with van der Waals surface area (Å²) in [6.45, 7) is 0. The summed E-state index contributed by atoms with van der Waals surface area (Å²) in [5.41, 5.74) is 2.53. The standard InChI is InChI=1S/C18H18FNO2/c1-22-13-5-2-4-12(10-13)11-18(21)20-17-9-8-14-15(17)6-3-7-16(14)19/h2-7,10,17H,8-9,11H2,1H3,(H,20,21). The maximum atomic E-state index is 13.7. The van der Waals surface area contributed by atoms with Crippen molar-refractivity contribution in [3.63, 3.8) is 0 Å². The van der Waals surface area contributed by atoms with Crippen LogP contribution in [0, 0.1) is 5.82 Å². The monoisotopic (exact) mass is 299 g/mol. The highest BCUT2D eigenvalue weighted by atomic mass is 19.1. The first-order valence-corrected chi connectivity index (χ1v) is 7.37. The Labute approximate surface area is 129 Å². The molecule has 1 aliphatic carbocycles. The fourth-order valence-electron chi connectivity index (χ4n) is 2.97. The Kier molecular flexibility index (Phi) is 4.09. The summed E-state index contributed by atoms with van der Waals surface area (Å²) in [6, 6.07) is 12.4. The molecule has 1 N–H and O–H groups in total. The summed E-state index contributed by atoms with van der Waals surface area (Å²) < 4.78 is 18.9. The molecule has 1 amide bonds. The molecule has 0 bridgehead atoms. The molecule has 4 heteroatoms. The topological polar surface area (TPSA) is 38.3 Å². The van der Waals surface area contributed by atoms with Crippen molar-refractivity contribution in [2.24, 2.45) is 0 Å². The van der Waals surface area contributed by atoms with Gasteiger partial charge >= 0.3 is 0 Å². The van der Waals surface area contributed by atoms with Crippen molar-refractivity contribution in [2.75, 3.05) is 7.11 Å². The molecule has 1 aliphatic rings. The average molecular weight is 299 g/mol. The summed E-state index contributed by atoms with van der Waals surface area (Å²) in [6.07, 6.45) is 1.71. The van der Waals surface area contributed by atoms with Gasteiger partial charge in [0.2, 0.25) is 5.91 Å². The first-order valence-electron chi connectivity index (χ1n) is 7.37. The van der Waals surface area contributed by atoms with Crippen molar-refractivity contribution < 1.29 is 13.9 Å². The molecule has 0 spiro atoms. The van der Waals surface area contributed by atoms with Gasteiger partial charge in [-0.05, 0) is 47.7 Å². The third-order valence-corrected chi connectivity index (χ3v) is 4.05. The van der Waals surface area contributed by atoms with Crippen LogP contribution in [-0.4, -0.2) is 13.0 Å². The molecule has 0 saturated heterocycles. The molecule has 0 aromatic heterocycles. The number of hydrogen-bond donors (Lipinski definition) is 1. The minimum Gasteiger partial charge on any atom is -0.497 e. The second kappa shape index (κ2) is 6.18. The molecule has 3 nitrogen and oxygen atoms in total. The van der Waals surface area contributed by atoms with Crippen LogP contribution in [0.15, 0.2) is 42.5 Å². The number of nitrogens with one attached hydrogen (secondary N) is 1. The average Bonchev–Trinajstić information content (AvgIpc) is 2.92. The van der Waals surface area contributed by atoms with Gasteiger partial charge in [-0.1, -0.05) is 24.3 Å². The van der Waals surface area contributed by atoms with Crippen LogP contribution in [0.5, 0.6) is 5.75 Å². The lowest BCUT2D eigenvalue weighted by Crippen LogP contribution is -2.28. The lowest BCUT2D eigenvalue weighted by Gasteiger charge is -2.14. The lowest BCUT2D eigenvalue weighted by atomic mass is 10.1. The van der Waals surface area contributed by atoms with E-state index in [1.165, 1.54) is 6.07 Å². The van der Waals surface area contributed by atoms with Gasteiger partial charge in [-0.15, -0.1) is 0 Å². The number of rotatable bonds is 4. The maximum absolute atomic E-state index is 13.7. The summed E-state index contributed by atoms with van der Waals surface area (Å²) in [7, 11) is 1.60. The van der Waals surface area contributed by atoms with Gasteiger partial charge in [0, 0.05) is 0 Å². The van der Waals surface area contributed by atoms with Crippen LogP contribution in [0.1, 0.15) is 29.2 Å². The molecule has 2 aromatic carbocycles. The van der Waals surface area contributed by atoms with Crippen LogP contribution in [-0.2, 0) is 17.6 Å². The Morgan fingerprint density at radius 1 is 1.32 bits per heavy atom. The van der Waals surface area contributed by atoms with Crippen LogP contribution in [0.2, 0.25) is 0 Å². The van der Waals surface area contributed by atoms with E-state index in [1.54, 1.807) is 13.2 Å². The first kappa shape index (κ1) is 14.6. The van der Waals surface area contributed by atoms with Crippen molar-refractivity contribution >= 4 is 5.91 Å². The molecular weight excluding hydrogens is 281 g/mol. The van der Waals surface area contributed by atoms with Crippen molar-refractivity contribution in [3.8, 4) is 5.75 Å². The summed E-state index contributed by atoms with van der Waals surface area (Å²) in [4.78, 5) is 12.2. The highest BCUT2D eigenvalue weighted by Crippen LogP contribution is 2.32. The Bertz CT molecular complexity index is 699. The predicted octanol–water partition coefficient (Wildman–Crippen LogP) is 3.18. The third-order valence-electron chi connectivity index (χ3n) is 4.05. The number of halogens is 1. The van der Waals surface area contributed by atoms with Gasteiger partial charge in [-0.3, -0.25) is 4.79 Å². The summed E-state index contributed by atoms with van der Waals surface area (Å²) in [5.74, 6) is 0.496. The number of fused-ring (bicyclic) bond motifs is 1. The van der Waals surface area contributed by atoms with E-state index in [1.807, 2.05) is 30.3 Å². The zero-order chi connectivity index (χ0) is 15.5. The van der Waals surface area contributed by atoms with Gasteiger partial charge in [0.25, 0.3) is 0 Å². The van der Waals surface area contributed by atoms with E-state index in [0.717, 1.165) is 28.9 Å².